The fourth-order valence-corrected chi connectivity index (χ4v) is 6.20. The highest BCUT2D eigenvalue weighted by Crippen LogP contribution is 2.46. The van der Waals surface area contributed by atoms with E-state index in [4.69, 9.17) is 0 Å². The predicted octanol–water partition coefficient (Wildman–Crippen LogP) is 2.85. The van der Waals surface area contributed by atoms with E-state index in [-0.39, 0.29) is 22.8 Å². The topological polar surface area (TPSA) is 106 Å². The van der Waals surface area contributed by atoms with Crippen LogP contribution in [-0.2, 0) is 20.0 Å². The molecular formula is C21H20F3N3O5S. The number of aromatic nitrogens is 1. The number of nitrogens with zero attached hydrogens (tertiary/aromatic N) is 2. The lowest BCUT2D eigenvalue weighted by Crippen LogP contribution is -2.63. The number of hydrogen-bond donors (Lipinski definition) is 1. The zero-order chi connectivity index (χ0) is 24.4. The van der Waals surface area contributed by atoms with Crippen molar-refractivity contribution in [3.63, 3.8) is 0 Å². The number of alkyl halides is 3. The molecule has 0 bridgehead atoms. The smallest absolute Gasteiger partial charge is 0.404 e. The van der Waals surface area contributed by atoms with Crippen molar-refractivity contribution in [3.8, 4) is 5.75 Å². The number of benzene rings is 1. The highest BCUT2D eigenvalue weighted by Gasteiger charge is 2.47. The van der Waals surface area contributed by atoms with Crippen LogP contribution in [0, 0.1) is 0 Å². The van der Waals surface area contributed by atoms with Gasteiger partial charge in [-0.25, -0.2) is 8.42 Å². The first kappa shape index (κ1) is 23.0. The lowest BCUT2D eigenvalue weighted by molar-refractivity contribution is -0.274. The van der Waals surface area contributed by atoms with Gasteiger partial charge in [0.1, 0.15) is 5.75 Å². The van der Waals surface area contributed by atoms with Gasteiger partial charge in [0.25, 0.3) is 5.91 Å². The molecule has 0 atom stereocenters. The molecule has 3 heterocycles. The third-order valence-electron chi connectivity index (χ3n) is 5.59. The molecule has 0 saturated carbocycles. The Hall–Kier alpha value is -3.15. The summed E-state index contributed by atoms with van der Waals surface area (Å²) in [7, 11) is -3.16. The number of fused-ring (bicyclic) bond motifs is 1. The molecule has 0 radical (unpaired) electrons. The van der Waals surface area contributed by atoms with Crippen molar-refractivity contribution in [1.29, 1.82) is 0 Å². The highest BCUT2D eigenvalue weighted by atomic mass is 32.2. The summed E-state index contributed by atoms with van der Waals surface area (Å²) in [6.07, 6.45) is -2.78. The van der Waals surface area contributed by atoms with E-state index in [1.807, 2.05) is 0 Å². The van der Waals surface area contributed by atoms with Crippen molar-refractivity contribution in [2.24, 2.45) is 0 Å². The van der Waals surface area contributed by atoms with Crippen molar-refractivity contribution >= 4 is 33.0 Å². The molecule has 176 valence electrons. The Labute approximate surface area is 187 Å². The molecule has 0 spiro atoms. The summed E-state index contributed by atoms with van der Waals surface area (Å²) in [4.78, 5) is 30.9. The van der Waals surface area contributed by atoms with E-state index < -0.39 is 44.7 Å². The number of amides is 2. The molecule has 2 aliphatic heterocycles. The van der Waals surface area contributed by atoms with Crippen LogP contribution in [0.25, 0.3) is 0 Å². The Morgan fingerprint density at radius 2 is 1.82 bits per heavy atom. The Bertz CT molecular complexity index is 1260. The summed E-state index contributed by atoms with van der Waals surface area (Å²) in [6.45, 7) is 4.91. The predicted molar refractivity (Wildman–Crippen MR) is 112 cm³/mol. The molecule has 0 unspecified atom stereocenters. The normalized spacial score (nSPS) is 20.1. The van der Waals surface area contributed by atoms with Crippen molar-refractivity contribution < 1.29 is 35.9 Å². The number of rotatable bonds is 4. The maximum absolute atomic E-state index is 13.2. The molecule has 1 aromatic carbocycles. The van der Waals surface area contributed by atoms with Gasteiger partial charge in [-0.3, -0.25) is 19.5 Å². The number of nitrogens with one attached hydrogen (secondary N) is 1. The van der Waals surface area contributed by atoms with Gasteiger partial charge in [0, 0.05) is 11.6 Å². The van der Waals surface area contributed by atoms with Crippen LogP contribution in [0.15, 0.2) is 36.7 Å². The number of halogens is 3. The number of ether oxygens (including phenoxy) is 1. The van der Waals surface area contributed by atoms with Gasteiger partial charge in [0.2, 0.25) is 5.91 Å². The quantitative estimate of drug-likeness (QED) is 0.717. The van der Waals surface area contributed by atoms with Crippen LogP contribution in [0.5, 0.6) is 5.75 Å². The molecule has 2 aromatic rings. The van der Waals surface area contributed by atoms with E-state index in [2.05, 4.69) is 15.0 Å². The Morgan fingerprint density at radius 1 is 1.15 bits per heavy atom. The molecule has 33 heavy (non-hydrogen) atoms. The molecule has 1 fully saturated rings. The second kappa shape index (κ2) is 7.17. The highest BCUT2D eigenvalue weighted by molar-refractivity contribution is 7.93. The number of carbonyl (C=O) groups is 2. The van der Waals surface area contributed by atoms with Gasteiger partial charge in [-0.15, -0.1) is 13.2 Å². The van der Waals surface area contributed by atoms with Crippen LogP contribution in [0.3, 0.4) is 0 Å². The third-order valence-corrected chi connectivity index (χ3v) is 7.75. The molecule has 4 rings (SSSR count). The third kappa shape index (κ3) is 4.26. The summed E-state index contributed by atoms with van der Waals surface area (Å²) >= 11 is 0. The summed E-state index contributed by atoms with van der Waals surface area (Å²) in [5.41, 5.74) is -0.751. The van der Waals surface area contributed by atoms with Gasteiger partial charge < -0.3 is 10.1 Å². The number of anilines is 2. The SMILES string of the molecule is CC1(NC(=O)c2ccc3c(c2)C(C)(C)C(=O)N3c2cncc(OC(F)(F)F)c2)CS(=O)(=O)C1. The first-order chi connectivity index (χ1) is 15.1. The van der Waals surface area contributed by atoms with Gasteiger partial charge in [0.05, 0.1) is 46.2 Å². The summed E-state index contributed by atoms with van der Waals surface area (Å²) in [6, 6.07) is 5.58. The van der Waals surface area contributed by atoms with Crippen molar-refractivity contribution in [1.82, 2.24) is 10.3 Å². The van der Waals surface area contributed by atoms with Gasteiger partial charge >= 0.3 is 6.36 Å². The fourth-order valence-electron chi connectivity index (χ4n) is 4.20. The Balaban J connectivity index is 1.66. The molecule has 8 nitrogen and oxygen atoms in total. The van der Waals surface area contributed by atoms with Gasteiger partial charge in [-0.2, -0.15) is 0 Å². The van der Waals surface area contributed by atoms with E-state index in [1.54, 1.807) is 20.8 Å². The zero-order valence-corrected chi connectivity index (χ0v) is 18.7. The van der Waals surface area contributed by atoms with Crippen LogP contribution >= 0.6 is 0 Å². The molecule has 1 saturated heterocycles. The summed E-state index contributed by atoms with van der Waals surface area (Å²) in [5.74, 6) is -1.79. The van der Waals surface area contributed by atoms with Crippen molar-refractivity contribution in [3.05, 3.63) is 47.8 Å². The minimum absolute atomic E-state index is 0.0814. The van der Waals surface area contributed by atoms with Crippen LogP contribution in [-0.4, -0.2) is 48.6 Å². The van der Waals surface area contributed by atoms with Crippen LogP contribution in [0.1, 0.15) is 36.7 Å². The van der Waals surface area contributed by atoms with Crippen LogP contribution in [0.2, 0.25) is 0 Å². The van der Waals surface area contributed by atoms with Gasteiger partial charge in [-0.1, -0.05) is 0 Å². The molecular weight excluding hydrogens is 463 g/mol. The van der Waals surface area contributed by atoms with E-state index in [0.29, 0.717) is 11.3 Å². The second-order valence-electron chi connectivity index (χ2n) is 8.97. The first-order valence-electron chi connectivity index (χ1n) is 9.83. The fraction of sp³-hybridized carbons (Fsp3) is 0.381. The van der Waals surface area contributed by atoms with Crippen LogP contribution < -0.4 is 15.0 Å². The van der Waals surface area contributed by atoms with E-state index in [9.17, 15) is 31.2 Å². The number of hydrogen-bond acceptors (Lipinski definition) is 6. The minimum atomic E-state index is -4.91. The van der Waals surface area contributed by atoms with E-state index >= 15 is 0 Å². The monoisotopic (exact) mass is 483 g/mol. The van der Waals surface area contributed by atoms with Gasteiger partial charge in [-0.05, 0) is 44.5 Å². The largest absolute Gasteiger partial charge is 0.573 e. The number of sulfone groups is 1. The average Bonchev–Trinajstić information content (AvgIpc) is 2.84. The number of carbonyl (C=O) groups excluding carboxylic acids is 2. The molecule has 0 aliphatic carbocycles. The maximum Gasteiger partial charge on any atom is 0.573 e. The van der Waals surface area contributed by atoms with Crippen molar-refractivity contribution in [2.45, 2.75) is 38.1 Å². The molecule has 2 amide bonds. The summed E-state index contributed by atoms with van der Waals surface area (Å²) < 4.78 is 64.7. The van der Waals surface area contributed by atoms with E-state index in [1.165, 1.54) is 29.3 Å². The average molecular weight is 483 g/mol. The van der Waals surface area contributed by atoms with Crippen LogP contribution in [0.4, 0.5) is 24.5 Å². The lowest BCUT2D eigenvalue weighted by atomic mass is 9.85. The van der Waals surface area contributed by atoms with Gasteiger partial charge in [0.15, 0.2) is 9.84 Å². The number of pyridine rings is 1. The minimum Gasteiger partial charge on any atom is -0.404 e. The standard InChI is InChI=1S/C21H20F3N3O5S/c1-19(2)15-6-12(17(28)26-20(3)10-33(30,31)11-20)4-5-16(15)27(18(19)29)13-7-14(9-25-8-13)32-21(22,23)24/h4-9H,10-11H2,1-3H3,(H,26,28). The second-order valence-corrected chi connectivity index (χ2v) is 11.0. The molecule has 1 aromatic heterocycles. The molecule has 2 aliphatic rings. The first-order valence-corrected chi connectivity index (χ1v) is 11.7. The molecule has 1 N–H and O–H groups in total. The zero-order valence-electron chi connectivity index (χ0n) is 17.9. The lowest BCUT2D eigenvalue weighted by Gasteiger charge is -2.38. The Morgan fingerprint density at radius 3 is 2.42 bits per heavy atom. The van der Waals surface area contributed by atoms with E-state index in [0.717, 1.165) is 12.3 Å². The molecule has 12 heteroatoms. The van der Waals surface area contributed by atoms with Crippen molar-refractivity contribution in [2.75, 3.05) is 16.4 Å². The summed E-state index contributed by atoms with van der Waals surface area (Å²) in [5, 5.41) is 2.72. The maximum atomic E-state index is 13.2. The Kier molecular flexibility index (Phi) is 5.00.